The minimum atomic E-state index is 0.686. The number of aromatic nitrogens is 7. The van der Waals surface area contributed by atoms with E-state index in [0.29, 0.717) is 11.2 Å². The fourth-order valence-corrected chi connectivity index (χ4v) is 2.39. The van der Waals surface area contributed by atoms with Crippen molar-refractivity contribution in [3.05, 3.63) is 48.0 Å². The van der Waals surface area contributed by atoms with Gasteiger partial charge in [-0.3, -0.25) is 4.40 Å². The first-order valence-corrected chi connectivity index (χ1v) is 6.76. The number of aryl methyl sites for hydroxylation is 3. The van der Waals surface area contributed by atoms with E-state index in [4.69, 9.17) is 0 Å². The van der Waals surface area contributed by atoms with Crippen LogP contribution in [-0.4, -0.2) is 34.6 Å². The average molecular weight is 279 g/mol. The lowest BCUT2D eigenvalue weighted by Crippen LogP contribution is -2.04. The molecular weight excluding hydrogens is 266 g/mol. The lowest BCUT2D eigenvalue weighted by atomic mass is 10.1. The molecule has 0 radical (unpaired) electrons. The second-order valence-electron chi connectivity index (χ2n) is 4.91. The summed E-state index contributed by atoms with van der Waals surface area (Å²) in [5.74, 6) is 0.790. The van der Waals surface area contributed by atoms with E-state index in [0.717, 1.165) is 24.4 Å². The van der Waals surface area contributed by atoms with Crippen molar-refractivity contribution in [3.8, 4) is 0 Å². The fraction of sp³-hybridized carbons (Fsp3) is 0.214. The molecule has 3 heterocycles. The van der Waals surface area contributed by atoms with Gasteiger partial charge in [0.15, 0.2) is 16.8 Å². The van der Waals surface area contributed by atoms with Gasteiger partial charge in [-0.2, -0.15) is 0 Å². The summed E-state index contributed by atoms with van der Waals surface area (Å²) in [6.45, 7) is 2.62. The molecule has 0 aliphatic carbocycles. The number of nitrogens with zero attached hydrogens (tertiary/aromatic N) is 7. The molecular formula is C14H13N7. The van der Waals surface area contributed by atoms with E-state index in [2.05, 4.69) is 37.6 Å². The van der Waals surface area contributed by atoms with E-state index in [-0.39, 0.29) is 0 Å². The second kappa shape index (κ2) is 4.62. The van der Waals surface area contributed by atoms with Gasteiger partial charge in [0.25, 0.3) is 0 Å². The van der Waals surface area contributed by atoms with Crippen molar-refractivity contribution in [1.82, 2.24) is 34.6 Å². The van der Waals surface area contributed by atoms with Crippen molar-refractivity contribution >= 4 is 16.8 Å². The number of fused-ring (bicyclic) bond motifs is 3. The topological polar surface area (TPSA) is 73.8 Å². The van der Waals surface area contributed by atoms with Crippen molar-refractivity contribution in [1.29, 1.82) is 0 Å². The van der Waals surface area contributed by atoms with Gasteiger partial charge in [-0.15, -0.1) is 15.3 Å². The largest absolute Gasteiger partial charge is 0.267 e. The molecule has 0 spiro atoms. The van der Waals surface area contributed by atoms with E-state index < -0.39 is 0 Å². The molecule has 21 heavy (non-hydrogen) atoms. The molecule has 0 aliphatic rings. The normalized spacial score (nSPS) is 11.5. The van der Waals surface area contributed by atoms with E-state index in [1.54, 1.807) is 6.33 Å². The molecule has 104 valence electrons. The maximum absolute atomic E-state index is 4.44. The Balaban J connectivity index is 1.71. The lowest BCUT2D eigenvalue weighted by Gasteiger charge is -2.02. The molecule has 7 nitrogen and oxygen atoms in total. The zero-order valence-electron chi connectivity index (χ0n) is 11.5. The minimum Gasteiger partial charge on any atom is -0.267 e. The fourth-order valence-electron chi connectivity index (χ4n) is 2.39. The maximum Gasteiger partial charge on any atom is 0.193 e. The van der Waals surface area contributed by atoms with Crippen LogP contribution in [0.15, 0.2) is 36.7 Å². The predicted octanol–water partition coefficient (Wildman–Crippen LogP) is 1.42. The smallest absolute Gasteiger partial charge is 0.193 e. The summed E-state index contributed by atoms with van der Waals surface area (Å²) < 4.78 is 3.63. The molecule has 0 saturated heterocycles. The third kappa shape index (κ3) is 1.94. The van der Waals surface area contributed by atoms with Crippen LogP contribution in [-0.2, 0) is 13.0 Å². The summed E-state index contributed by atoms with van der Waals surface area (Å²) in [6, 6.07) is 10.3. The van der Waals surface area contributed by atoms with Crippen LogP contribution in [0.4, 0.5) is 0 Å². The van der Waals surface area contributed by atoms with E-state index in [1.807, 2.05) is 34.2 Å². The molecule has 0 N–H and O–H groups in total. The van der Waals surface area contributed by atoms with Crippen molar-refractivity contribution < 1.29 is 0 Å². The first kappa shape index (κ1) is 12.0. The summed E-state index contributed by atoms with van der Waals surface area (Å²) in [7, 11) is 0. The predicted molar refractivity (Wildman–Crippen MR) is 76.8 cm³/mol. The zero-order chi connectivity index (χ0) is 14.2. The van der Waals surface area contributed by atoms with Crippen LogP contribution in [0.3, 0.4) is 0 Å². The molecule has 0 fully saturated rings. The number of rotatable bonds is 3. The van der Waals surface area contributed by atoms with Crippen molar-refractivity contribution in [3.63, 3.8) is 0 Å². The van der Waals surface area contributed by atoms with Crippen LogP contribution in [0, 0.1) is 6.92 Å². The third-order valence-corrected chi connectivity index (χ3v) is 3.54. The molecule has 4 rings (SSSR count). The monoisotopic (exact) mass is 279 g/mol. The van der Waals surface area contributed by atoms with Gasteiger partial charge >= 0.3 is 0 Å². The Hall–Kier alpha value is -2.83. The highest BCUT2D eigenvalue weighted by molar-refractivity contribution is 5.84. The summed E-state index contributed by atoms with van der Waals surface area (Å²) >= 11 is 0. The van der Waals surface area contributed by atoms with Gasteiger partial charge < -0.3 is 0 Å². The van der Waals surface area contributed by atoms with Gasteiger partial charge in [0, 0.05) is 6.54 Å². The van der Waals surface area contributed by atoms with Crippen molar-refractivity contribution in [2.45, 2.75) is 19.9 Å². The van der Waals surface area contributed by atoms with Gasteiger partial charge in [-0.25, -0.2) is 9.67 Å². The van der Waals surface area contributed by atoms with Crippen LogP contribution in [0.2, 0.25) is 0 Å². The summed E-state index contributed by atoms with van der Waals surface area (Å²) in [5.41, 5.74) is 3.39. The van der Waals surface area contributed by atoms with Crippen LogP contribution in [0.5, 0.6) is 0 Å². The second-order valence-corrected chi connectivity index (χ2v) is 4.91. The highest BCUT2D eigenvalue weighted by Gasteiger charge is 2.13. The van der Waals surface area contributed by atoms with Crippen LogP contribution in [0.1, 0.15) is 11.4 Å². The average Bonchev–Trinajstić information content (AvgIpc) is 3.10. The van der Waals surface area contributed by atoms with Gasteiger partial charge in [0.05, 0.1) is 0 Å². The molecule has 4 aromatic rings. The Morgan fingerprint density at radius 3 is 2.71 bits per heavy atom. The molecule has 0 bridgehead atoms. The molecule has 0 saturated carbocycles. The summed E-state index contributed by atoms with van der Waals surface area (Å²) in [5, 5.41) is 16.6. The molecule has 0 unspecified atom stereocenters. The van der Waals surface area contributed by atoms with Crippen LogP contribution in [0.25, 0.3) is 16.8 Å². The number of benzene rings is 1. The Kier molecular flexibility index (Phi) is 2.63. The molecule has 7 heteroatoms. The lowest BCUT2D eigenvalue weighted by molar-refractivity contribution is 0.602. The molecule has 0 amide bonds. The number of hydrogen-bond donors (Lipinski definition) is 0. The van der Waals surface area contributed by atoms with Gasteiger partial charge in [0.2, 0.25) is 0 Å². The van der Waals surface area contributed by atoms with E-state index in [9.17, 15) is 0 Å². The number of hydrogen-bond acceptors (Lipinski definition) is 5. The molecule has 3 aromatic heterocycles. The maximum atomic E-state index is 4.44. The van der Waals surface area contributed by atoms with E-state index in [1.165, 1.54) is 5.56 Å². The zero-order valence-corrected chi connectivity index (χ0v) is 11.5. The summed E-state index contributed by atoms with van der Waals surface area (Å²) in [6.07, 6.45) is 2.60. The highest BCUT2D eigenvalue weighted by atomic mass is 15.4. The van der Waals surface area contributed by atoms with Crippen LogP contribution < -0.4 is 0 Å². The molecule has 0 aliphatic heterocycles. The SMILES string of the molecule is Cc1nnc2c3nnn(CCc4ccccc4)c3ncn12. The third-order valence-electron chi connectivity index (χ3n) is 3.54. The van der Waals surface area contributed by atoms with Gasteiger partial charge in [0.1, 0.15) is 12.2 Å². The Morgan fingerprint density at radius 2 is 1.86 bits per heavy atom. The Labute approximate surface area is 120 Å². The van der Waals surface area contributed by atoms with Crippen molar-refractivity contribution in [2.24, 2.45) is 0 Å². The van der Waals surface area contributed by atoms with E-state index >= 15 is 0 Å². The first-order chi connectivity index (χ1) is 10.3. The Bertz CT molecular complexity index is 907. The molecule has 1 aromatic carbocycles. The first-order valence-electron chi connectivity index (χ1n) is 6.76. The minimum absolute atomic E-state index is 0.686. The van der Waals surface area contributed by atoms with Crippen molar-refractivity contribution in [2.75, 3.05) is 0 Å². The van der Waals surface area contributed by atoms with Gasteiger partial charge in [-0.1, -0.05) is 35.5 Å². The highest BCUT2D eigenvalue weighted by Crippen LogP contribution is 2.14. The molecule has 0 atom stereocenters. The standard InChI is InChI=1S/C14H13N7/c1-10-16-18-14-12-13(15-9-20(10)14)21(19-17-12)8-7-11-5-3-2-4-6-11/h2-6,9H,7-8H2,1H3. The van der Waals surface area contributed by atoms with Crippen LogP contribution >= 0.6 is 0 Å². The van der Waals surface area contributed by atoms with Gasteiger partial charge in [-0.05, 0) is 18.9 Å². The Morgan fingerprint density at radius 1 is 1.00 bits per heavy atom. The quantitative estimate of drug-likeness (QED) is 0.567. The summed E-state index contributed by atoms with van der Waals surface area (Å²) in [4.78, 5) is 4.44.